The van der Waals surface area contributed by atoms with Crippen molar-refractivity contribution in [2.75, 3.05) is 187 Å². The van der Waals surface area contributed by atoms with Crippen molar-refractivity contribution in [2.24, 2.45) is 0 Å². The number of aromatic nitrogens is 7. The van der Waals surface area contributed by atoms with Crippen LogP contribution in [0.25, 0.3) is 55.3 Å². The van der Waals surface area contributed by atoms with E-state index >= 15 is 0 Å². The van der Waals surface area contributed by atoms with E-state index in [1.807, 2.05) is 99.3 Å². The van der Waals surface area contributed by atoms with Crippen molar-refractivity contribution in [1.82, 2.24) is 74.3 Å². The SMILES string of the molecule is CC(C)OC(=O)C1=CN(C(=O)N2CC[N+](C)(C)CC2)CC(C)(C)c2c1[nH]c1cc(F)ccc21.CC(C)OC(=O)C1=CN(C(=O)N2CC[N+](C)(C)CC2)CC(C)(C)c2c1[nH]c1cccnc21.CC(C)OC(=O)C1=CN(C(=O)N2CC[N+](C)(C)CC2)CC(C)(C)c2c1[nH]c1ncccc21.CC(C)OC(=O)C1=CN(C(=O)N2CC[N+](C)(C)CC2)CC(C)(C)c2cn[nH]c21.[I-].[I-].[I-].[I-]. The number of pyridine rings is 2. The van der Waals surface area contributed by atoms with Crippen molar-refractivity contribution < 1.29 is 176 Å². The van der Waals surface area contributed by atoms with Gasteiger partial charge in [0, 0.05) is 112 Å². The van der Waals surface area contributed by atoms with E-state index in [1.165, 1.54) is 12.1 Å². The number of hydrogen-bond acceptors (Lipinski definition) is 15. The highest BCUT2D eigenvalue weighted by atomic mass is 127. The van der Waals surface area contributed by atoms with Gasteiger partial charge in [-0.3, -0.25) is 29.7 Å². The maximum atomic E-state index is 13.9. The van der Waals surface area contributed by atoms with Crippen molar-refractivity contribution >= 4 is 103 Å². The molecular formula is C93H134FI4N19O12. The van der Waals surface area contributed by atoms with E-state index in [-0.39, 0.29) is 161 Å². The van der Waals surface area contributed by atoms with Gasteiger partial charge in [0.25, 0.3) is 0 Å². The number of ether oxygens (including phenoxy) is 4. The van der Waals surface area contributed by atoms with Crippen LogP contribution in [0.1, 0.15) is 156 Å². The number of rotatable bonds is 8. The van der Waals surface area contributed by atoms with Crippen LogP contribution in [0.4, 0.5) is 23.6 Å². The van der Waals surface area contributed by atoms with Gasteiger partial charge in [0.15, 0.2) is 0 Å². The van der Waals surface area contributed by atoms with Crippen molar-refractivity contribution in [2.45, 2.75) is 157 Å². The fourth-order valence-corrected chi connectivity index (χ4v) is 17.7. The summed E-state index contributed by atoms with van der Waals surface area (Å²) < 4.78 is 39.6. The summed E-state index contributed by atoms with van der Waals surface area (Å²) in [5.41, 5.74) is 8.96. The molecule has 0 radical (unpaired) electrons. The van der Waals surface area contributed by atoms with Gasteiger partial charge in [0.2, 0.25) is 0 Å². The molecule has 4 fully saturated rings. The monoisotopic (exact) mass is 2240 g/mol. The number of carbonyl (C=O) groups is 8. The zero-order valence-corrected chi connectivity index (χ0v) is 88.2. The van der Waals surface area contributed by atoms with Crippen LogP contribution in [0.2, 0.25) is 0 Å². The molecule has 0 aliphatic carbocycles. The number of quaternary nitrogens is 4. The van der Waals surface area contributed by atoms with E-state index in [0.29, 0.717) is 124 Å². The molecule has 0 spiro atoms. The lowest BCUT2D eigenvalue weighted by atomic mass is 9.82. The molecule has 0 atom stereocenters. The molecule has 129 heavy (non-hydrogen) atoms. The third-order valence-corrected chi connectivity index (χ3v) is 24.9. The number of nitrogens with zero attached hydrogens (tertiary/aromatic N) is 15. The number of urea groups is 4. The van der Waals surface area contributed by atoms with E-state index in [1.54, 1.807) is 82.9 Å². The van der Waals surface area contributed by atoms with E-state index in [0.717, 1.165) is 120 Å². The summed E-state index contributed by atoms with van der Waals surface area (Å²) in [6.45, 7) is 45.5. The van der Waals surface area contributed by atoms with Gasteiger partial charge in [-0.15, -0.1) is 0 Å². The Kier molecular flexibility index (Phi) is 34.3. The Morgan fingerprint density at radius 3 is 1.07 bits per heavy atom. The molecule has 8 amide bonds. The average Bonchev–Trinajstić information content (AvgIpc) is 1.59. The number of aromatic amines is 4. The van der Waals surface area contributed by atoms with E-state index in [2.05, 4.69) is 133 Å². The lowest BCUT2D eigenvalue weighted by Crippen LogP contribution is -3.00. The maximum Gasteiger partial charge on any atom is 0.342 e. The second kappa shape index (κ2) is 41.6. The third-order valence-electron chi connectivity index (χ3n) is 24.9. The zero-order valence-electron chi connectivity index (χ0n) is 79.5. The molecule has 0 saturated carbocycles. The molecule has 36 heteroatoms. The molecule has 4 N–H and O–H groups in total. The number of halogens is 5. The minimum Gasteiger partial charge on any atom is -1.00 e. The van der Waals surface area contributed by atoms with Gasteiger partial charge in [-0.25, -0.2) is 47.7 Å². The molecular weight excluding hydrogens is 2100 g/mol. The van der Waals surface area contributed by atoms with Gasteiger partial charge in [-0.2, -0.15) is 5.10 Å². The van der Waals surface area contributed by atoms with Crippen LogP contribution >= 0.6 is 0 Å². The Morgan fingerprint density at radius 2 is 0.698 bits per heavy atom. The first-order chi connectivity index (χ1) is 58.3. The van der Waals surface area contributed by atoms with Gasteiger partial charge in [0.1, 0.15) is 17.0 Å². The highest BCUT2D eigenvalue weighted by Gasteiger charge is 2.46. The lowest BCUT2D eigenvalue weighted by Gasteiger charge is -2.41. The minimum atomic E-state index is -0.509. The zero-order chi connectivity index (χ0) is 91.3. The summed E-state index contributed by atoms with van der Waals surface area (Å²) in [5.74, 6) is -2.20. The molecule has 31 nitrogen and oxygen atoms in total. The first kappa shape index (κ1) is 106. The summed E-state index contributed by atoms with van der Waals surface area (Å²) in [6, 6.07) is 12.0. The number of benzene rings is 1. The second-order valence-corrected chi connectivity index (χ2v) is 40.9. The first-order valence-corrected chi connectivity index (χ1v) is 43.9. The van der Waals surface area contributed by atoms with Crippen molar-refractivity contribution in [3.63, 3.8) is 0 Å². The van der Waals surface area contributed by atoms with Gasteiger partial charge in [-0.05, 0) is 109 Å². The summed E-state index contributed by atoms with van der Waals surface area (Å²) >= 11 is 0. The first-order valence-electron chi connectivity index (χ1n) is 43.9. The quantitative estimate of drug-likeness (QED) is 0.0643. The molecule has 8 aliphatic heterocycles. The van der Waals surface area contributed by atoms with Crippen LogP contribution in [0.3, 0.4) is 0 Å². The minimum absolute atomic E-state index is 0. The number of H-pyrrole nitrogens is 4. The summed E-state index contributed by atoms with van der Waals surface area (Å²) in [6.07, 6.45) is 10.7. The van der Waals surface area contributed by atoms with E-state index in [9.17, 15) is 42.7 Å². The number of amides is 8. The maximum absolute atomic E-state index is 13.9. The van der Waals surface area contributed by atoms with Crippen LogP contribution < -0.4 is 95.9 Å². The van der Waals surface area contributed by atoms with Gasteiger partial charge in [0.05, 0.1) is 242 Å². The highest BCUT2D eigenvalue weighted by Crippen LogP contribution is 2.45. The smallest absolute Gasteiger partial charge is 0.342 e. The highest BCUT2D eigenvalue weighted by molar-refractivity contribution is 6.20. The fourth-order valence-electron chi connectivity index (χ4n) is 17.7. The summed E-state index contributed by atoms with van der Waals surface area (Å²) in [5, 5.41) is 8.87. The third kappa shape index (κ3) is 24.5. The van der Waals surface area contributed by atoms with Crippen molar-refractivity contribution in [3.8, 4) is 0 Å². The van der Waals surface area contributed by atoms with Crippen LogP contribution in [0.5, 0.6) is 0 Å². The number of piperazine rings is 4. The van der Waals surface area contributed by atoms with Crippen LogP contribution in [-0.2, 0) is 59.8 Å². The molecule has 7 aromatic rings. The Hall–Kier alpha value is -8.04. The molecule has 0 bridgehead atoms. The Morgan fingerprint density at radius 1 is 0.388 bits per heavy atom. The number of esters is 4. The Bertz CT molecular complexity index is 5210. The second-order valence-electron chi connectivity index (χ2n) is 40.9. The van der Waals surface area contributed by atoms with Gasteiger partial charge in [-0.1, -0.05) is 55.4 Å². The molecule has 8 aliphatic rings. The number of nitrogens with one attached hydrogen (secondary N) is 4. The summed E-state index contributed by atoms with van der Waals surface area (Å²) in [7, 11) is 17.4. The number of hydrogen-bond donors (Lipinski definition) is 4. The predicted octanol–water partition coefficient (Wildman–Crippen LogP) is -0.551. The topological polar surface area (TPSA) is 301 Å². The Balaban J connectivity index is 0.000000211. The molecule has 708 valence electrons. The van der Waals surface area contributed by atoms with Gasteiger partial charge < -0.3 is 167 Å². The molecule has 1 aromatic carbocycles. The van der Waals surface area contributed by atoms with Crippen LogP contribution in [-0.4, -0.2) is 352 Å². The predicted molar refractivity (Wildman–Crippen MR) is 480 cm³/mol. The van der Waals surface area contributed by atoms with E-state index in [4.69, 9.17) is 18.9 Å². The van der Waals surface area contributed by atoms with Gasteiger partial charge >= 0.3 is 48.0 Å². The Labute approximate surface area is 827 Å². The largest absolute Gasteiger partial charge is 1.00 e. The molecule has 15 rings (SSSR count). The summed E-state index contributed by atoms with van der Waals surface area (Å²) in [4.78, 5) is 139. The van der Waals surface area contributed by atoms with E-state index < -0.39 is 40.1 Å². The number of fused-ring (bicyclic) bond motifs is 10. The normalized spacial score (nSPS) is 19.6. The molecule has 4 saturated heterocycles. The molecule has 14 heterocycles. The molecule has 0 unspecified atom stereocenters. The van der Waals surface area contributed by atoms with Crippen molar-refractivity contribution in [3.05, 3.63) is 137 Å². The fraction of sp³-hybridized carbons (Fsp3) is 0.559. The molecule has 6 aromatic heterocycles. The number of carbonyl (C=O) groups excluding carboxylic acids is 8. The number of likely N-dealkylation sites (N-methyl/N-ethyl adjacent to an activating group) is 4. The standard InChI is InChI=1S/C25H34FN4O3.2C24H34N5O3.C20H32N5O3.4HI/c1-16(2)33-23(31)19-14-29(24(32)28-9-11-30(5,6)12-10-28)15-25(3,4)21-18-8-7-17(26)13-20(18)27-22(19)21;1-16(2)32-22(30)17-14-28(23(31)27-10-12-29(5,6)13-11-27)15-24(3,4)19-20(17)26-18-8-7-9-25-21(18)19;1-16(2)32-22(30)18-14-28(23(31)27-10-12-29(5,6)13-11-27)15-24(3,4)19-17-8-7-9-25-21(17)26-20(18)19;1-14(2)28-18(26)15-12-24(13-20(3,4)16-11-21-22-17(15)16)19(27)23-7-9-25(5,6)10-8-23;;;;/h7-8,13-14,16,27H,9-12,15H2,1-6H3;7-9,14,16,26H,10-13,15H2,1-6H3;7-9,14,16H,10-13,15H2,1-6H3,(H,25,26);11-12,14H,7-10,13H2,1-6H3,(H,21,22);4*1H/q4*+1;;;;/p-4. The average molecular weight is 2240 g/mol. The van der Waals surface area contributed by atoms with Crippen LogP contribution in [0.15, 0.2) is 85.9 Å². The van der Waals surface area contributed by atoms with Crippen molar-refractivity contribution in [1.29, 1.82) is 0 Å². The lowest BCUT2D eigenvalue weighted by molar-refractivity contribution is -0.894. The van der Waals surface area contributed by atoms with Crippen LogP contribution in [0, 0.1) is 5.82 Å².